The fourth-order valence-electron chi connectivity index (χ4n) is 2.32. The molecule has 0 bridgehead atoms. The first-order valence-corrected chi connectivity index (χ1v) is 6.45. The van der Waals surface area contributed by atoms with Crippen LogP contribution in [-0.4, -0.2) is 11.4 Å². The first-order chi connectivity index (χ1) is 9.69. The maximum atomic E-state index is 11.7. The maximum absolute atomic E-state index is 11.7. The summed E-state index contributed by atoms with van der Waals surface area (Å²) in [6.45, 7) is 0. The molecule has 0 aromatic heterocycles. The predicted molar refractivity (Wildman–Crippen MR) is 74.4 cm³/mol. The van der Waals surface area contributed by atoms with Crippen LogP contribution < -0.4 is 0 Å². The van der Waals surface area contributed by atoms with Gasteiger partial charge in [-0.05, 0) is 54.0 Å². The summed E-state index contributed by atoms with van der Waals surface area (Å²) in [5.74, 6) is 0.201. The number of azide groups is 1. The van der Waals surface area contributed by atoms with E-state index in [1.807, 2.05) is 12.2 Å². The van der Waals surface area contributed by atoms with Crippen molar-refractivity contribution < 1.29 is 4.79 Å². The fraction of sp³-hybridized carbons (Fsp3) is 0.462. The Hall–Kier alpha value is -2.49. The fourth-order valence-corrected chi connectivity index (χ4v) is 2.32. The van der Waals surface area contributed by atoms with Crippen LogP contribution in [0.1, 0.15) is 32.1 Å². The van der Waals surface area contributed by atoms with E-state index in [0.29, 0.717) is 12.8 Å². The quantitative estimate of drug-likeness (QED) is 0.324. The average Bonchev–Trinajstić information content (AvgIpc) is 2.45. The van der Waals surface area contributed by atoms with Gasteiger partial charge in [0.2, 0.25) is 0 Å². The lowest BCUT2D eigenvalue weighted by Gasteiger charge is -2.21. The molecule has 1 fully saturated rings. The molecule has 1 saturated carbocycles. The molecule has 102 valence electrons. The van der Waals surface area contributed by atoms with Crippen molar-refractivity contribution in [2.24, 2.45) is 10.2 Å². The Balaban J connectivity index is 2.19. The van der Waals surface area contributed by atoms with Gasteiger partial charge in [0.1, 0.15) is 5.66 Å². The second-order valence-corrected chi connectivity index (χ2v) is 4.80. The third-order valence-electron chi connectivity index (χ3n) is 3.42. The van der Waals surface area contributed by atoms with E-state index in [0.717, 1.165) is 30.4 Å². The van der Waals surface area contributed by atoms with Gasteiger partial charge in [0.15, 0.2) is 5.78 Å². The molecule has 0 unspecified atom stereocenters. The van der Waals surface area contributed by atoms with E-state index in [9.17, 15) is 4.79 Å². The molecule has 0 amide bonds. The molecular weight excluding hydrogens is 256 g/mol. The smallest absolute Gasteiger partial charge is 0.158 e. The standard InChI is InChI=1S/C13H14N6O/c14-18-16-13(17-19-15)7-5-10(6-8-13)9-11-3-1-2-4-12(11)20/h5-7,9H,1-4,8H2. The van der Waals surface area contributed by atoms with Crippen LogP contribution in [0.25, 0.3) is 20.9 Å². The minimum Gasteiger partial charge on any atom is -0.295 e. The highest BCUT2D eigenvalue weighted by molar-refractivity contribution is 5.96. The van der Waals surface area contributed by atoms with Gasteiger partial charge in [0.05, 0.1) is 0 Å². The Morgan fingerprint density at radius 1 is 1.20 bits per heavy atom. The van der Waals surface area contributed by atoms with Crippen LogP contribution in [0.3, 0.4) is 0 Å². The van der Waals surface area contributed by atoms with Crippen LogP contribution in [0.4, 0.5) is 0 Å². The van der Waals surface area contributed by atoms with E-state index in [1.165, 1.54) is 0 Å². The molecule has 7 nitrogen and oxygen atoms in total. The third kappa shape index (κ3) is 3.09. The lowest BCUT2D eigenvalue weighted by molar-refractivity contribution is -0.116. The van der Waals surface area contributed by atoms with Gasteiger partial charge in [-0.2, -0.15) is 0 Å². The maximum Gasteiger partial charge on any atom is 0.158 e. The number of Topliss-reactive ketones (excluding diaryl/α,β-unsaturated/α-hetero) is 1. The number of allylic oxidation sites excluding steroid dienone is 4. The number of carbonyl (C=O) groups excluding carboxylic acids is 1. The molecule has 0 radical (unpaired) electrons. The summed E-state index contributed by atoms with van der Waals surface area (Å²) in [5, 5.41) is 7.08. The van der Waals surface area contributed by atoms with Gasteiger partial charge >= 0.3 is 0 Å². The molecule has 2 aliphatic rings. The summed E-state index contributed by atoms with van der Waals surface area (Å²) in [6, 6.07) is 0. The molecule has 0 aliphatic heterocycles. The third-order valence-corrected chi connectivity index (χ3v) is 3.42. The predicted octanol–water partition coefficient (Wildman–Crippen LogP) is 4.26. The van der Waals surface area contributed by atoms with Crippen molar-refractivity contribution >= 4 is 5.78 Å². The minimum absolute atomic E-state index is 0.201. The molecule has 0 atom stereocenters. The van der Waals surface area contributed by atoms with Crippen LogP contribution >= 0.6 is 0 Å². The molecule has 0 aromatic rings. The highest BCUT2D eigenvalue weighted by Gasteiger charge is 2.25. The minimum atomic E-state index is -1.21. The van der Waals surface area contributed by atoms with Crippen molar-refractivity contribution in [2.45, 2.75) is 37.8 Å². The average molecular weight is 270 g/mol. The Kier molecular flexibility index (Phi) is 4.25. The summed E-state index contributed by atoms with van der Waals surface area (Å²) in [5.41, 5.74) is 17.6. The molecular formula is C13H14N6O. The summed E-state index contributed by atoms with van der Waals surface area (Å²) in [4.78, 5) is 17.2. The zero-order valence-corrected chi connectivity index (χ0v) is 10.9. The molecule has 20 heavy (non-hydrogen) atoms. The molecule has 0 saturated heterocycles. The van der Waals surface area contributed by atoms with E-state index in [2.05, 4.69) is 20.1 Å². The van der Waals surface area contributed by atoms with Crippen LogP contribution in [-0.2, 0) is 4.79 Å². The first kappa shape index (κ1) is 13.9. The number of ketones is 1. The van der Waals surface area contributed by atoms with Gasteiger partial charge in [-0.1, -0.05) is 28.5 Å². The Morgan fingerprint density at radius 3 is 2.45 bits per heavy atom. The second-order valence-electron chi connectivity index (χ2n) is 4.80. The summed E-state index contributed by atoms with van der Waals surface area (Å²) < 4.78 is 0. The first-order valence-electron chi connectivity index (χ1n) is 6.45. The lowest BCUT2D eigenvalue weighted by atomic mass is 9.90. The van der Waals surface area contributed by atoms with Crippen molar-refractivity contribution in [3.8, 4) is 0 Å². The lowest BCUT2D eigenvalue weighted by Crippen LogP contribution is -2.20. The van der Waals surface area contributed by atoms with E-state index in [4.69, 9.17) is 11.1 Å². The largest absolute Gasteiger partial charge is 0.295 e. The topological polar surface area (TPSA) is 115 Å². The van der Waals surface area contributed by atoms with Crippen molar-refractivity contribution in [3.63, 3.8) is 0 Å². The number of hydrogen-bond acceptors (Lipinski definition) is 3. The van der Waals surface area contributed by atoms with E-state index in [1.54, 1.807) is 12.2 Å². The number of rotatable bonds is 3. The summed E-state index contributed by atoms with van der Waals surface area (Å²) in [6.07, 6.45) is 10.7. The van der Waals surface area contributed by atoms with Gasteiger partial charge in [0, 0.05) is 16.2 Å². The van der Waals surface area contributed by atoms with Gasteiger partial charge < -0.3 is 0 Å². The van der Waals surface area contributed by atoms with Crippen LogP contribution in [0.2, 0.25) is 0 Å². The molecule has 7 heteroatoms. The van der Waals surface area contributed by atoms with Gasteiger partial charge in [-0.3, -0.25) is 4.79 Å². The monoisotopic (exact) mass is 270 g/mol. The number of hydrogen-bond donors (Lipinski definition) is 0. The van der Waals surface area contributed by atoms with Crippen LogP contribution in [0, 0.1) is 0 Å². The second kappa shape index (κ2) is 6.10. The molecule has 0 N–H and O–H groups in total. The Morgan fingerprint density at radius 2 is 1.90 bits per heavy atom. The van der Waals surface area contributed by atoms with Crippen LogP contribution in [0.5, 0.6) is 0 Å². The highest BCUT2D eigenvalue weighted by atomic mass is 16.1. The normalized spacial score (nSPS) is 27.5. The zero-order chi connectivity index (χ0) is 14.4. The summed E-state index contributed by atoms with van der Waals surface area (Å²) in [7, 11) is 0. The van der Waals surface area contributed by atoms with Crippen molar-refractivity contribution in [2.75, 3.05) is 0 Å². The highest BCUT2D eigenvalue weighted by Crippen LogP contribution is 2.29. The van der Waals surface area contributed by atoms with Crippen molar-refractivity contribution in [1.82, 2.24) is 0 Å². The molecule has 0 aromatic carbocycles. The number of carbonyl (C=O) groups is 1. The van der Waals surface area contributed by atoms with Gasteiger partial charge in [-0.25, -0.2) is 0 Å². The van der Waals surface area contributed by atoms with Crippen molar-refractivity contribution in [1.29, 1.82) is 0 Å². The summed E-state index contributed by atoms with van der Waals surface area (Å²) >= 11 is 0. The number of nitrogens with zero attached hydrogens (tertiary/aromatic N) is 6. The molecule has 2 aliphatic carbocycles. The van der Waals surface area contributed by atoms with Crippen molar-refractivity contribution in [3.05, 3.63) is 56.3 Å². The van der Waals surface area contributed by atoms with E-state index in [-0.39, 0.29) is 5.78 Å². The Bertz CT molecular complexity index is 584. The van der Waals surface area contributed by atoms with E-state index >= 15 is 0 Å². The molecule has 2 rings (SSSR count). The molecule has 0 spiro atoms. The van der Waals surface area contributed by atoms with Crippen LogP contribution in [0.15, 0.2) is 45.7 Å². The van der Waals surface area contributed by atoms with Gasteiger partial charge in [0.25, 0.3) is 0 Å². The SMILES string of the molecule is [N-]=[N+]=NC1(N=[N+]=[N-])C=CC(C=C2CCCCC2=O)=CC1. The Labute approximate surface area is 115 Å². The van der Waals surface area contributed by atoms with Gasteiger partial charge in [-0.15, -0.1) is 0 Å². The zero-order valence-electron chi connectivity index (χ0n) is 10.9. The molecule has 0 heterocycles. The van der Waals surface area contributed by atoms with E-state index < -0.39 is 5.66 Å².